The summed E-state index contributed by atoms with van der Waals surface area (Å²) in [7, 11) is 0. The number of anilines is 1. The summed E-state index contributed by atoms with van der Waals surface area (Å²) >= 11 is 6.11. The van der Waals surface area contributed by atoms with Crippen LogP contribution in [0.2, 0.25) is 5.02 Å². The minimum atomic E-state index is -1.02. The Labute approximate surface area is 183 Å². The molecule has 32 heavy (non-hydrogen) atoms. The number of carbonyl (C=O) groups excluding carboxylic acids is 3. The monoisotopic (exact) mass is 455 g/mol. The fraction of sp³-hybridized carbons (Fsp3) is 0. The van der Waals surface area contributed by atoms with E-state index in [1.807, 2.05) is 5.32 Å². The highest BCUT2D eigenvalue weighted by Gasteiger charge is 2.37. The molecule has 0 aliphatic carbocycles. The van der Waals surface area contributed by atoms with Crippen LogP contribution in [0, 0.1) is 15.9 Å². The van der Waals surface area contributed by atoms with Crippen molar-refractivity contribution >= 4 is 46.9 Å². The third-order valence-corrected chi connectivity index (χ3v) is 4.84. The van der Waals surface area contributed by atoms with E-state index >= 15 is 0 Å². The lowest BCUT2D eigenvalue weighted by molar-refractivity contribution is -0.384. The maximum atomic E-state index is 13.6. The van der Waals surface area contributed by atoms with E-state index in [1.165, 1.54) is 42.5 Å². The van der Waals surface area contributed by atoms with Gasteiger partial charge in [0.2, 0.25) is 0 Å². The predicted octanol–water partition coefficient (Wildman–Crippen LogP) is 4.31. The van der Waals surface area contributed by atoms with Crippen LogP contribution in [0.25, 0.3) is 17.4 Å². The van der Waals surface area contributed by atoms with E-state index in [0.29, 0.717) is 4.90 Å². The van der Waals surface area contributed by atoms with Crippen LogP contribution in [0.3, 0.4) is 0 Å². The molecule has 1 fully saturated rings. The summed E-state index contributed by atoms with van der Waals surface area (Å²) in [6.07, 6.45) is 1.10. The topological polar surface area (TPSA) is 123 Å². The number of nitrogens with one attached hydrogen (secondary N) is 1. The zero-order chi connectivity index (χ0) is 23.0. The minimum Gasteiger partial charge on any atom is -0.457 e. The fourth-order valence-corrected chi connectivity index (χ4v) is 3.25. The molecule has 1 aliphatic rings. The number of carbonyl (C=O) groups is 3. The Morgan fingerprint density at radius 1 is 1.09 bits per heavy atom. The van der Waals surface area contributed by atoms with Gasteiger partial charge >= 0.3 is 6.03 Å². The van der Waals surface area contributed by atoms with Gasteiger partial charge in [-0.1, -0.05) is 17.7 Å². The Bertz CT molecular complexity index is 1330. The Kier molecular flexibility index (Phi) is 5.29. The van der Waals surface area contributed by atoms with Crippen LogP contribution in [-0.4, -0.2) is 22.8 Å². The predicted molar refractivity (Wildman–Crippen MR) is 111 cm³/mol. The maximum absolute atomic E-state index is 13.6. The summed E-state index contributed by atoms with van der Waals surface area (Å²) in [5.41, 5.74) is -0.456. The van der Waals surface area contributed by atoms with Crippen molar-refractivity contribution < 1.29 is 28.1 Å². The second-order valence-corrected chi connectivity index (χ2v) is 6.97. The standard InChI is InChI=1S/C21H11ClFN3O6/c22-17-6-4-13(26(30)31)9-15(17)18-7-5-14(32-18)10-16-19(27)24-21(29)25(20(16)28)12-3-1-2-11(23)8-12/h1-10H,(H,24,27,29)/b16-10+. The van der Waals surface area contributed by atoms with Crippen molar-refractivity contribution in [3.8, 4) is 11.3 Å². The number of rotatable bonds is 4. The molecule has 0 bridgehead atoms. The molecule has 1 saturated heterocycles. The minimum absolute atomic E-state index is 0.0506. The number of non-ortho nitro benzene ring substituents is 1. The second kappa shape index (κ2) is 8.08. The SMILES string of the molecule is O=C1NC(=O)N(c2cccc(F)c2)C(=O)/C1=C/c1ccc(-c2cc([N+](=O)[O-])ccc2Cl)o1. The van der Waals surface area contributed by atoms with Gasteiger partial charge in [-0.2, -0.15) is 0 Å². The molecule has 1 aliphatic heterocycles. The van der Waals surface area contributed by atoms with Gasteiger partial charge in [0.05, 0.1) is 15.6 Å². The number of imide groups is 2. The van der Waals surface area contributed by atoms with E-state index in [4.69, 9.17) is 16.0 Å². The van der Waals surface area contributed by atoms with Gasteiger partial charge in [-0.3, -0.25) is 25.0 Å². The van der Waals surface area contributed by atoms with E-state index in [1.54, 1.807) is 0 Å². The van der Waals surface area contributed by atoms with Crippen LogP contribution >= 0.6 is 11.6 Å². The average molecular weight is 456 g/mol. The summed E-state index contributed by atoms with van der Waals surface area (Å²) in [5.74, 6) is -2.40. The van der Waals surface area contributed by atoms with Gasteiger partial charge in [-0.25, -0.2) is 14.1 Å². The highest BCUT2D eigenvalue weighted by Crippen LogP contribution is 2.33. The second-order valence-electron chi connectivity index (χ2n) is 6.56. The number of amides is 4. The lowest BCUT2D eigenvalue weighted by atomic mass is 10.1. The van der Waals surface area contributed by atoms with Gasteiger partial charge in [0.15, 0.2) is 0 Å². The number of hydrogen-bond donors (Lipinski definition) is 1. The fourth-order valence-electron chi connectivity index (χ4n) is 3.04. The Balaban J connectivity index is 1.70. The zero-order valence-electron chi connectivity index (χ0n) is 15.9. The molecule has 3 aromatic rings. The number of barbiturate groups is 1. The maximum Gasteiger partial charge on any atom is 0.335 e. The van der Waals surface area contributed by atoms with Crippen molar-refractivity contribution in [3.63, 3.8) is 0 Å². The van der Waals surface area contributed by atoms with Crippen LogP contribution in [-0.2, 0) is 9.59 Å². The highest BCUT2D eigenvalue weighted by atomic mass is 35.5. The van der Waals surface area contributed by atoms with Crippen LogP contribution in [0.1, 0.15) is 5.76 Å². The molecule has 2 heterocycles. The molecule has 0 atom stereocenters. The molecular weight excluding hydrogens is 445 g/mol. The van der Waals surface area contributed by atoms with Gasteiger partial charge in [0, 0.05) is 17.7 Å². The van der Waals surface area contributed by atoms with E-state index in [0.717, 1.165) is 18.2 Å². The number of hydrogen-bond acceptors (Lipinski definition) is 6. The summed E-state index contributed by atoms with van der Waals surface area (Å²) in [4.78, 5) is 48.3. The number of furan rings is 1. The molecule has 0 radical (unpaired) electrons. The van der Waals surface area contributed by atoms with Gasteiger partial charge in [0.1, 0.15) is 22.9 Å². The van der Waals surface area contributed by atoms with Crippen LogP contribution in [0.5, 0.6) is 0 Å². The number of urea groups is 1. The molecule has 160 valence electrons. The molecule has 11 heteroatoms. The number of benzene rings is 2. The Morgan fingerprint density at radius 3 is 2.59 bits per heavy atom. The van der Waals surface area contributed by atoms with Gasteiger partial charge in [-0.15, -0.1) is 0 Å². The molecule has 0 saturated carbocycles. The van der Waals surface area contributed by atoms with E-state index in [2.05, 4.69) is 0 Å². The van der Waals surface area contributed by atoms with Crippen molar-refractivity contribution in [1.82, 2.24) is 5.32 Å². The van der Waals surface area contributed by atoms with Crippen molar-refractivity contribution in [1.29, 1.82) is 0 Å². The molecule has 4 amide bonds. The number of nitro groups is 1. The smallest absolute Gasteiger partial charge is 0.335 e. The first kappa shape index (κ1) is 20.9. The molecular formula is C21H11ClFN3O6. The summed E-state index contributed by atoms with van der Waals surface area (Å²) in [5, 5.41) is 13.2. The van der Waals surface area contributed by atoms with Crippen LogP contribution in [0.4, 0.5) is 20.6 Å². The van der Waals surface area contributed by atoms with Crippen molar-refractivity contribution in [3.05, 3.63) is 86.9 Å². The largest absolute Gasteiger partial charge is 0.457 e. The number of nitrogens with zero attached hydrogens (tertiary/aromatic N) is 2. The molecule has 2 aromatic carbocycles. The lowest BCUT2D eigenvalue weighted by Gasteiger charge is -2.26. The van der Waals surface area contributed by atoms with Crippen LogP contribution in [0.15, 0.2) is 64.6 Å². The van der Waals surface area contributed by atoms with Crippen molar-refractivity contribution in [2.45, 2.75) is 0 Å². The zero-order valence-corrected chi connectivity index (χ0v) is 16.6. The molecule has 9 nitrogen and oxygen atoms in total. The average Bonchev–Trinajstić information content (AvgIpc) is 3.19. The van der Waals surface area contributed by atoms with E-state index < -0.39 is 34.2 Å². The first-order valence-electron chi connectivity index (χ1n) is 8.96. The van der Waals surface area contributed by atoms with Gasteiger partial charge in [0.25, 0.3) is 17.5 Å². The molecule has 0 unspecified atom stereocenters. The molecule has 0 spiro atoms. The van der Waals surface area contributed by atoms with Crippen LogP contribution < -0.4 is 10.2 Å². The summed E-state index contributed by atoms with van der Waals surface area (Å²) < 4.78 is 19.1. The number of halogens is 2. The third kappa shape index (κ3) is 3.86. The quantitative estimate of drug-likeness (QED) is 0.270. The highest BCUT2D eigenvalue weighted by molar-refractivity contribution is 6.39. The van der Waals surface area contributed by atoms with Crippen molar-refractivity contribution in [2.24, 2.45) is 0 Å². The first-order valence-corrected chi connectivity index (χ1v) is 9.33. The third-order valence-electron chi connectivity index (χ3n) is 4.51. The summed E-state index contributed by atoms with van der Waals surface area (Å²) in [6, 6.07) is 10.4. The van der Waals surface area contributed by atoms with Gasteiger partial charge in [-0.05, 0) is 42.5 Å². The van der Waals surface area contributed by atoms with Gasteiger partial charge < -0.3 is 4.42 Å². The molecule has 1 aromatic heterocycles. The summed E-state index contributed by atoms with van der Waals surface area (Å²) in [6.45, 7) is 0. The van der Waals surface area contributed by atoms with E-state index in [9.17, 15) is 28.9 Å². The normalized spacial score (nSPS) is 15.2. The Morgan fingerprint density at radius 2 is 1.88 bits per heavy atom. The van der Waals surface area contributed by atoms with E-state index in [-0.39, 0.29) is 33.5 Å². The van der Waals surface area contributed by atoms with Crippen molar-refractivity contribution in [2.75, 3.05) is 4.90 Å². The molecule has 1 N–H and O–H groups in total. The first-order chi connectivity index (χ1) is 15.2. The number of nitro benzene ring substituents is 1. The lowest BCUT2D eigenvalue weighted by Crippen LogP contribution is -2.54. The Hall–Kier alpha value is -4.31. The molecule has 4 rings (SSSR count).